The molecule has 3 aromatic carbocycles. The van der Waals surface area contributed by atoms with Gasteiger partial charge in [-0.25, -0.2) is 4.39 Å². The summed E-state index contributed by atoms with van der Waals surface area (Å²) in [6.45, 7) is 3.39. The van der Waals surface area contributed by atoms with Crippen molar-refractivity contribution in [1.29, 1.82) is 0 Å². The van der Waals surface area contributed by atoms with E-state index >= 15 is 0 Å². The number of hydrogen-bond donors (Lipinski definition) is 0. The van der Waals surface area contributed by atoms with E-state index in [2.05, 4.69) is 0 Å². The lowest BCUT2D eigenvalue weighted by atomic mass is 10.0. The van der Waals surface area contributed by atoms with E-state index in [0.29, 0.717) is 80.2 Å². The smallest absolute Gasteiger partial charge is 0.258 e. The van der Waals surface area contributed by atoms with E-state index in [9.17, 15) is 18.8 Å². The lowest BCUT2D eigenvalue weighted by Crippen LogP contribution is -2.49. The van der Waals surface area contributed by atoms with Gasteiger partial charge in [0.25, 0.3) is 11.8 Å². The van der Waals surface area contributed by atoms with Crippen LogP contribution in [0.1, 0.15) is 57.5 Å². The van der Waals surface area contributed by atoms with Crippen molar-refractivity contribution in [3.05, 3.63) is 99.8 Å². The van der Waals surface area contributed by atoms with Gasteiger partial charge in [0.15, 0.2) is 0 Å². The van der Waals surface area contributed by atoms with E-state index in [1.54, 1.807) is 61.2 Å². The highest BCUT2D eigenvalue weighted by Crippen LogP contribution is 2.26. The summed E-state index contributed by atoms with van der Waals surface area (Å²) in [5.74, 6) is -0.790. The molecule has 228 valence electrons. The maximum Gasteiger partial charge on any atom is 0.258 e. The number of carbonyl (C=O) groups excluding carboxylic acids is 3. The molecular weight excluding hydrogens is 569 g/mol. The molecule has 0 spiro atoms. The second-order valence-electron chi connectivity index (χ2n) is 11.0. The quantitative estimate of drug-likeness (QED) is 0.365. The molecule has 0 aliphatic carbocycles. The Labute approximate surface area is 258 Å². The van der Waals surface area contributed by atoms with Crippen molar-refractivity contribution >= 4 is 29.3 Å². The van der Waals surface area contributed by atoms with Crippen LogP contribution in [0.25, 0.3) is 0 Å². The third-order valence-corrected chi connectivity index (χ3v) is 8.09. The second kappa shape index (κ2) is 15.0. The fourth-order valence-electron chi connectivity index (χ4n) is 5.18. The Morgan fingerprint density at radius 1 is 0.930 bits per heavy atom. The molecule has 0 saturated heterocycles. The Kier molecular flexibility index (Phi) is 11.2. The van der Waals surface area contributed by atoms with Gasteiger partial charge >= 0.3 is 0 Å². The van der Waals surface area contributed by atoms with Gasteiger partial charge in [0.05, 0.1) is 12.2 Å². The van der Waals surface area contributed by atoms with Crippen LogP contribution >= 0.6 is 11.6 Å². The molecule has 9 heteroatoms. The van der Waals surface area contributed by atoms with Crippen LogP contribution in [0.15, 0.2) is 66.7 Å². The molecule has 0 aromatic heterocycles. The maximum atomic E-state index is 14.2. The predicted molar refractivity (Wildman–Crippen MR) is 166 cm³/mol. The van der Waals surface area contributed by atoms with Gasteiger partial charge in [-0.05, 0) is 74.1 Å². The molecule has 1 atom stereocenters. The number of nitrogens with zero attached hydrogens (tertiary/aromatic N) is 3. The molecule has 0 N–H and O–H groups in total. The Balaban J connectivity index is 1.60. The van der Waals surface area contributed by atoms with Gasteiger partial charge in [-0.1, -0.05) is 48.0 Å². The first kappa shape index (κ1) is 32.0. The first-order valence-electron chi connectivity index (χ1n) is 14.7. The summed E-state index contributed by atoms with van der Waals surface area (Å²) in [6.07, 6.45) is 2.96. The highest BCUT2D eigenvalue weighted by molar-refractivity contribution is 6.31. The number of aryl methyl sites for hydroxylation is 1. The molecule has 0 radical (unpaired) electrons. The molecule has 3 amide bonds. The fraction of sp³-hybridized carbons (Fsp3) is 0.382. The molecule has 4 rings (SSSR count). The van der Waals surface area contributed by atoms with Gasteiger partial charge in [-0.2, -0.15) is 0 Å². The van der Waals surface area contributed by atoms with Gasteiger partial charge in [0.1, 0.15) is 17.6 Å². The highest BCUT2D eigenvalue weighted by Gasteiger charge is 2.31. The van der Waals surface area contributed by atoms with Crippen molar-refractivity contribution in [2.75, 3.05) is 40.3 Å². The summed E-state index contributed by atoms with van der Waals surface area (Å²) < 4.78 is 20.3. The third-order valence-electron chi connectivity index (χ3n) is 7.85. The van der Waals surface area contributed by atoms with Gasteiger partial charge in [-0.15, -0.1) is 0 Å². The van der Waals surface area contributed by atoms with E-state index < -0.39 is 11.9 Å². The molecule has 3 aromatic rings. The summed E-state index contributed by atoms with van der Waals surface area (Å²) in [6, 6.07) is 18.3. The molecule has 7 nitrogen and oxygen atoms in total. The van der Waals surface area contributed by atoms with Crippen LogP contribution < -0.4 is 4.74 Å². The average molecular weight is 608 g/mol. The van der Waals surface area contributed by atoms with Crippen LogP contribution in [-0.2, 0) is 11.2 Å². The van der Waals surface area contributed by atoms with E-state index in [4.69, 9.17) is 16.3 Å². The number of amides is 3. The zero-order chi connectivity index (χ0) is 30.9. The van der Waals surface area contributed by atoms with Gasteiger partial charge in [0, 0.05) is 50.7 Å². The Hall–Kier alpha value is -3.91. The molecule has 1 aliphatic heterocycles. The number of fused-ring (bicyclic) bond motifs is 1. The zero-order valence-corrected chi connectivity index (χ0v) is 25.8. The van der Waals surface area contributed by atoms with Crippen LogP contribution in [0.3, 0.4) is 0 Å². The predicted octanol–water partition coefficient (Wildman–Crippen LogP) is 6.02. The summed E-state index contributed by atoms with van der Waals surface area (Å²) in [5, 5.41) is 0.389. The lowest BCUT2D eigenvalue weighted by Gasteiger charge is -2.31. The van der Waals surface area contributed by atoms with Crippen LogP contribution in [0, 0.1) is 12.7 Å². The Morgan fingerprint density at radius 2 is 1.63 bits per heavy atom. The molecule has 1 aliphatic rings. The van der Waals surface area contributed by atoms with Crippen molar-refractivity contribution in [2.24, 2.45) is 0 Å². The van der Waals surface area contributed by atoms with Crippen LogP contribution in [-0.4, -0.2) is 78.8 Å². The minimum Gasteiger partial charge on any atom is -0.493 e. The fourth-order valence-corrected chi connectivity index (χ4v) is 5.35. The van der Waals surface area contributed by atoms with Gasteiger partial charge < -0.3 is 19.4 Å². The van der Waals surface area contributed by atoms with Crippen LogP contribution in [0.4, 0.5) is 4.39 Å². The Morgan fingerprint density at radius 3 is 2.35 bits per heavy atom. The van der Waals surface area contributed by atoms with Crippen molar-refractivity contribution in [3.63, 3.8) is 0 Å². The number of rotatable bonds is 3. The van der Waals surface area contributed by atoms with E-state index in [0.717, 1.165) is 5.56 Å². The maximum absolute atomic E-state index is 14.2. The van der Waals surface area contributed by atoms with E-state index in [-0.39, 0.29) is 23.3 Å². The third kappa shape index (κ3) is 8.35. The normalized spacial score (nSPS) is 17.7. The molecule has 43 heavy (non-hydrogen) atoms. The molecule has 0 unspecified atom stereocenters. The first-order chi connectivity index (χ1) is 20.7. The average Bonchev–Trinajstić information content (AvgIpc) is 3.01. The number of hydrogen-bond acceptors (Lipinski definition) is 4. The van der Waals surface area contributed by atoms with Crippen LogP contribution in [0.2, 0.25) is 5.02 Å². The number of halogens is 2. The summed E-state index contributed by atoms with van der Waals surface area (Å²) >= 11 is 6.29. The SMILES string of the molecule is Cc1ccc(C(=O)N2CCCCOc3ccc(Cl)cc3C(=O)N(C)[C@@H](Cc3ccccc3)C(=O)N(C)CCCC2)cc1F. The van der Waals surface area contributed by atoms with Gasteiger partial charge in [-0.3, -0.25) is 14.4 Å². The van der Waals surface area contributed by atoms with Crippen LogP contribution in [0.5, 0.6) is 5.75 Å². The Bertz CT molecular complexity index is 1430. The zero-order valence-electron chi connectivity index (χ0n) is 25.0. The minimum atomic E-state index is -0.753. The molecule has 0 saturated carbocycles. The highest BCUT2D eigenvalue weighted by atomic mass is 35.5. The number of ether oxygens (including phenoxy) is 1. The number of benzene rings is 3. The molecule has 0 fully saturated rings. The minimum absolute atomic E-state index is 0.184. The largest absolute Gasteiger partial charge is 0.493 e. The number of carbonyl (C=O) groups is 3. The topological polar surface area (TPSA) is 70.2 Å². The molecule has 0 bridgehead atoms. The number of likely N-dealkylation sites (N-methyl/N-ethyl adjacent to an activating group) is 2. The van der Waals surface area contributed by atoms with Crippen molar-refractivity contribution in [3.8, 4) is 5.75 Å². The monoisotopic (exact) mass is 607 g/mol. The molecular formula is C34H39ClFN3O4. The van der Waals surface area contributed by atoms with Crippen molar-refractivity contribution in [2.45, 2.75) is 45.1 Å². The lowest BCUT2D eigenvalue weighted by molar-refractivity contribution is -0.134. The summed E-state index contributed by atoms with van der Waals surface area (Å²) in [7, 11) is 3.37. The summed E-state index contributed by atoms with van der Waals surface area (Å²) in [5.41, 5.74) is 2.02. The van der Waals surface area contributed by atoms with Gasteiger partial charge in [0.2, 0.25) is 5.91 Å². The van der Waals surface area contributed by atoms with Crippen molar-refractivity contribution in [1.82, 2.24) is 14.7 Å². The first-order valence-corrected chi connectivity index (χ1v) is 15.1. The standard InChI is InChI=1S/C34H39ClFN3O4/c1-24-13-14-26(22-29(24)36)32(40)39-18-8-7-17-37(2)34(42)30(21-25-11-5-4-6-12-25)38(3)33(41)28-23-27(35)15-16-31(28)43-20-10-9-19-39/h4-6,11-16,22-23,30H,7-10,17-21H2,1-3H3/t30-/m0/s1. The molecule has 1 heterocycles. The van der Waals surface area contributed by atoms with E-state index in [1.165, 1.54) is 11.0 Å². The summed E-state index contributed by atoms with van der Waals surface area (Å²) in [4.78, 5) is 45.9. The van der Waals surface area contributed by atoms with Crippen molar-refractivity contribution < 1.29 is 23.5 Å². The second-order valence-corrected chi connectivity index (χ2v) is 11.5. The van der Waals surface area contributed by atoms with E-state index in [1.807, 2.05) is 30.3 Å².